The first-order valence-electron chi connectivity index (χ1n) is 4.40. The Hall–Kier alpha value is -0.503. The van der Waals surface area contributed by atoms with Crippen LogP contribution in [0.25, 0.3) is 0 Å². The number of hydrogen-bond acceptors (Lipinski definition) is 1. The minimum Gasteiger partial charge on any atom is -0.545 e. The maximum Gasteiger partial charge on any atom is 0.242 e. The summed E-state index contributed by atoms with van der Waals surface area (Å²) in [4.78, 5) is 0. The predicted octanol–water partition coefficient (Wildman–Crippen LogP) is 3.32. The van der Waals surface area contributed by atoms with Gasteiger partial charge >= 0.3 is 0 Å². The molecule has 0 aromatic carbocycles. The van der Waals surface area contributed by atoms with Crippen LogP contribution in [0.5, 0.6) is 0 Å². The SMILES string of the molecule is CC1(C)C=CC(O[Si](C)(C)C)=C1. The Kier molecular flexibility index (Phi) is 2.21. The van der Waals surface area contributed by atoms with Crippen molar-refractivity contribution in [2.24, 2.45) is 5.41 Å². The first-order chi connectivity index (χ1) is 5.29. The van der Waals surface area contributed by atoms with Gasteiger partial charge in [-0.15, -0.1) is 0 Å². The molecule has 0 fully saturated rings. The van der Waals surface area contributed by atoms with E-state index in [1.807, 2.05) is 0 Å². The van der Waals surface area contributed by atoms with Crippen molar-refractivity contribution in [2.45, 2.75) is 33.5 Å². The maximum absolute atomic E-state index is 5.85. The second-order valence-electron chi connectivity index (χ2n) is 4.92. The highest BCUT2D eigenvalue weighted by Gasteiger charge is 2.22. The maximum atomic E-state index is 5.85. The van der Waals surface area contributed by atoms with Crippen molar-refractivity contribution in [3.05, 3.63) is 24.0 Å². The van der Waals surface area contributed by atoms with Gasteiger partial charge in [0.05, 0.1) is 5.76 Å². The number of hydrogen-bond donors (Lipinski definition) is 0. The molecule has 0 unspecified atom stereocenters. The van der Waals surface area contributed by atoms with Gasteiger partial charge in [0.15, 0.2) is 0 Å². The molecular weight excluding hydrogens is 164 g/mol. The molecule has 0 bridgehead atoms. The Morgan fingerprint density at radius 2 is 1.83 bits per heavy atom. The van der Waals surface area contributed by atoms with Gasteiger partial charge in [-0.25, -0.2) is 0 Å². The Bertz CT molecular complexity index is 231. The lowest BCUT2D eigenvalue weighted by atomic mass is 9.97. The van der Waals surface area contributed by atoms with Crippen molar-refractivity contribution in [3.8, 4) is 0 Å². The molecule has 1 nitrogen and oxygen atoms in total. The van der Waals surface area contributed by atoms with E-state index in [1.54, 1.807) is 0 Å². The van der Waals surface area contributed by atoms with Gasteiger partial charge in [0, 0.05) is 5.41 Å². The van der Waals surface area contributed by atoms with Gasteiger partial charge in [0.25, 0.3) is 0 Å². The van der Waals surface area contributed by atoms with Crippen molar-refractivity contribution in [3.63, 3.8) is 0 Å². The average molecular weight is 182 g/mol. The minimum atomic E-state index is -1.40. The third-order valence-electron chi connectivity index (χ3n) is 1.62. The molecule has 0 saturated heterocycles. The largest absolute Gasteiger partial charge is 0.545 e. The Morgan fingerprint density at radius 1 is 1.25 bits per heavy atom. The summed E-state index contributed by atoms with van der Waals surface area (Å²) in [5, 5.41) is 0. The molecule has 0 amide bonds. The number of rotatable bonds is 2. The van der Waals surface area contributed by atoms with Gasteiger partial charge in [-0.1, -0.05) is 19.9 Å². The summed E-state index contributed by atoms with van der Waals surface area (Å²) in [6.07, 6.45) is 6.45. The lowest BCUT2D eigenvalue weighted by Gasteiger charge is -2.19. The predicted molar refractivity (Wildman–Crippen MR) is 55.4 cm³/mol. The number of allylic oxidation sites excluding steroid dienone is 3. The first kappa shape index (κ1) is 9.58. The normalized spacial score (nSPS) is 20.9. The van der Waals surface area contributed by atoms with Crippen molar-refractivity contribution in [1.82, 2.24) is 0 Å². The van der Waals surface area contributed by atoms with E-state index in [9.17, 15) is 0 Å². The zero-order valence-corrected chi connectivity index (χ0v) is 9.64. The Morgan fingerprint density at radius 3 is 2.17 bits per heavy atom. The summed E-state index contributed by atoms with van der Waals surface area (Å²) < 4.78 is 5.85. The van der Waals surface area contributed by atoms with E-state index < -0.39 is 8.32 Å². The zero-order chi connectivity index (χ0) is 9.41. The molecule has 1 aliphatic carbocycles. The Balaban J connectivity index is 2.64. The fourth-order valence-electron chi connectivity index (χ4n) is 1.18. The molecule has 0 heterocycles. The highest BCUT2D eigenvalue weighted by atomic mass is 28.4. The van der Waals surface area contributed by atoms with Gasteiger partial charge in [0.2, 0.25) is 8.32 Å². The molecule has 1 aliphatic rings. The van der Waals surface area contributed by atoms with E-state index >= 15 is 0 Å². The van der Waals surface area contributed by atoms with Gasteiger partial charge in [-0.2, -0.15) is 0 Å². The molecule has 0 radical (unpaired) electrons. The van der Waals surface area contributed by atoms with E-state index in [-0.39, 0.29) is 5.41 Å². The van der Waals surface area contributed by atoms with Crippen LogP contribution in [0.3, 0.4) is 0 Å². The minimum absolute atomic E-state index is 0.189. The topological polar surface area (TPSA) is 9.23 Å². The zero-order valence-electron chi connectivity index (χ0n) is 8.64. The van der Waals surface area contributed by atoms with Crippen LogP contribution in [-0.4, -0.2) is 8.32 Å². The molecule has 0 aliphatic heterocycles. The molecule has 1 rings (SSSR count). The summed E-state index contributed by atoms with van der Waals surface area (Å²) in [7, 11) is -1.40. The molecule has 0 aromatic heterocycles. The quantitative estimate of drug-likeness (QED) is 0.595. The van der Waals surface area contributed by atoms with E-state index in [0.29, 0.717) is 0 Å². The highest BCUT2D eigenvalue weighted by Crippen LogP contribution is 2.29. The van der Waals surface area contributed by atoms with Crippen LogP contribution in [0.4, 0.5) is 0 Å². The van der Waals surface area contributed by atoms with Gasteiger partial charge in [-0.05, 0) is 31.8 Å². The van der Waals surface area contributed by atoms with E-state index in [4.69, 9.17) is 4.43 Å². The summed E-state index contributed by atoms with van der Waals surface area (Å²) >= 11 is 0. The van der Waals surface area contributed by atoms with Crippen LogP contribution >= 0.6 is 0 Å². The lowest BCUT2D eigenvalue weighted by molar-refractivity contribution is 0.437. The van der Waals surface area contributed by atoms with Crippen molar-refractivity contribution < 1.29 is 4.43 Å². The summed E-state index contributed by atoms with van der Waals surface area (Å²) in [5.74, 6) is 1.05. The molecule has 0 atom stereocenters. The molecule has 12 heavy (non-hydrogen) atoms. The van der Waals surface area contributed by atoms with Crippen LogP contribution in [0.2, 0.25) is 19.6 Å². The van der Waals surface area contributed by atoms with Crippen molar-refractivity contribution in [2.75, 3.05) is 0 Å². The van der Waals surface area contributed by atoms with Crippen LogP contribution < -0.4 is 0 Å². The molecule has 0 spiro atoms. The molecular formula is C10H18OSi. The molecule has 0 saturated carbocycles. The average Bonchev–Trinajstić information content (AvgIpc) is 2.05. The van der Waals surface area contributed by atoms with Crippen LogP contribution in [0.15, 0.2) is 24.0 Å². The molecule has 2 heteroatoms. The molecule has 0 aromatic rings. The highest BCUT2D eigenvalue weighted by molar-refractivity contribution is 6.70. The Labute approximate surface area is 76.3 Å². The fourth-order valence-corrected chi connectivity index (χ4v) is 2.01. The summed E-state index contributed by atoms with van der Waals surface area (Å²) in [5.41, 5.74) is 0.189. The second kappa shape index (κ2) is 2.77. The summed E-state index contributed by atoms with van der Waals surface area (Å²) in [6.45, 7) is 11.0. The van der Waals surface area contributed by atoms with Crippen LogP contribution in [0, 0.1) is 5.41 Å². The summed E-state index contributed by atoms with van der Waals surface area (Å²) in [6, 6.07) is 0. The van der Waals surface area contributed by atoms with Crippen LogP contribution in [-0.2, 0) is 4.43 Å². The lowest BCUT2D eigenvalue weighted by Crippen LogP contribution is -2.24. The fraction of sp³-hybridized carbons (Fsp3) is 0.600. The van der Waals surface area contributed by atoms with E-state index in [2.05, 4.69) is 51.7 Å². The van der Waals surface area contributed by atoms with E-state index in [1.165, 1.54) is 0 Å². The molecule has 68 valence electrons. The molecule has 0 N–H and O–H groups in total. The van der Waals surface area contributed by atoms with Crippen LogP contribution in [0.1, 0.15) is 13.8 Å². The first-order valence-corrected chi connectivity index (χ1v) is 7.80. The van der Waals surface area contributed by atoms with E-state index in [0.717, 1.165) is 5.76 Å². The smallest absolute Gasteiger partial charge is 0.242 e. The van der Waals surface area contributed by atoms with Gasteiger partial charge in [-0.3, -0.25) is 0 Å². The van der Waals surface area contributed by atoms with Crippen molar-refractivity contribution >= 4 is 8.32 Å². The van der Waals surface area contributed by atoms with Crippen molar-refractivity contribution in [1.29, 1.82) is 0 Å². The third-order valence-corrected chi connectivity index (χ3v) is 2.46. The second-order valence-corrected chi connectivity index (χ2v) is 9.34. The standard InChI is InChI=1S/C10H18OSi/c1-10(2)7-6-9(8-10)11-12(3,4)5/h6-8H,1-5H3. The van der Waals surface area contributed by atoms with Gasteiger partial charge < -0.3 is 4.43 Å². The third kappa shape index (κ3) is 2.86. The van der Waals surface area contributed by atoms with Gasteiger partial charge in [0.1, 0.15) is 0 Å². The monoisotopic (exact) mass is 182 g/mol.